The van der Waals surface area contributed by atoms with Gasteiger partial charge < -0.3 is 11.5 Å². The zero-order chi connectivity index (χ0) is 15.0. The van der Waals surface area contributed by atoms with Gasteiger partial charge >= 0.3 is 0 Å². The number of hydrogen-bond acceptors (Lipinski definition) is 5. The van der Waals surface area contributed by atoms with Crippen LogP contribution in [0.2, 0.25) is 0 Å². The molecule has 0 aliphatic rings. The highest BCUT2D eigenvalue weighted by Gasteiger charge is 2.18. The summed E-state index contributed by atoms with van der Waals surface area (Å²) in [5.74, 6) is 0.139. The Morgan fingerprint density at radius 1 is 1.48 bits per heavy atom. The number of thiazole rings is 1. The fourth-order valence-corrected chi connectivity index (χ4v) is 2.89. The first-order chi connectivity index (χ1) is 10.1. The topological polar surface area (TPSA) is 104 Å². The number of imidazole rings is 1. The molecule has 1 atom stereocenters. The van der Waals surface area contributed by atoms with Crippen molar-refractivity contribution in [1.82, 2.24) is 19.2 Å². The zero-order valence-corrected chi connectivity index (χ0v) is 12.4. The molecule has 0 aromatic carbocycles. The first kappa shape index (κ1) is 13.8. The Kier molecular flexibility index (Phi) is 3.48. The monoisotopic (exact) mass is 304 g/mol. The van der Waals surface area contributed by atoms with Crippen molar-refractivity contribution in [3.63, 3.8) is 0 Å². The average molecular weight is 304 g/mol. The van der Waals surface area contributed by atoms with E-state index >= 15 is 0 Å². The number of amides is 1. The van der Waals surface area contributed by atoms with Crippen LogP contribution in [-0.2, 0) is 6.42 Å². The van der Waals surface area contributed by atoms with Crippen molar-refractivity contribution in [3.8, 4) is 5.82 Å². The number of nitrogens with two attached hydrogens (primary N) is 2. The van der Waals surface area contributed by atoms with Gasteiger partial charge in [-0.15, -0.1) is 11.3 Å². The largest absolute Gasteiger partial charge is 0.364 e. The molecule has 0 saturated heterocycles. The summed E-state index contributed by atoms with van der Waals surface area (Å²) in [4.78, 5) is 16.6. The van der Waals surface area contributed by atoms with Crippen molar-refractivity contribution in [2.24, 2.45) is 11.5 Å². The molecular formula is C13H16N6OS. The number of hydrogen-bond donors (Lipinski definition) is 2. The Hall–Kier alpha value is -2.19. The number of fused-ring (bicyclic) bond motifs is 1. The number of rotatable bonds is 5. The first-order valence-corrected chi connectivity index (χ1v) is 7.54. The summed E-state index contributed by atoms with van der Waals surface area (Å²) < 4.78 is 3.60. The van der Waals surface area contributed by atoms with Crippen LogP contribution in [0.3, 0.4) is 0 Å². The van der Waals surface area contributed by atoms with Crippen molar-refractivity contribution in [2.75, 3.05) is 0 Å². The second kappa shape index (κ2) is 5.30. The minimum atomic E-state index is -0.554. The van der Waals surface area contributed by atoms with Gasteiger partial charge in [0, 0.05) is 30.2 Å². The van der Waals surface area contributed by atoms with Crippen LogP contribution in [0, 0.1) is 0 Å². The molecule has 3 aromatic rings. The predicted molar refractivity (Wildman–Crippen MR) is 80.7 cm³/mol. The van der Waals surface area contributed by atoms with Gasteiger partial charge in [0.05, 0.1) is 5.69 Å². The van der Waals surface area contributed by atoms with E-state index < -0.39 is 5.91 Å². The maximum Gasteiger partial charge on any atom is 0.269 e. The fraction of sp³-hybridized carbons (Fsp3) is 0.308. The third-order valence-electron chi connectivity index (χ3n) is 3.38. The van der Waals surface area contributed by atoms with Crippen LogP contribution in [0.25, 0.3) is 10.8 Å². The van der Waals surface area contributed by atoms with Gasteiger partial charge in [-0.1, -0.05) is 6.92 Å². The number of primary amides is 1. The summed E-state index contributed by atoms with van der Waals surface area (Å²) in [5.41, 5.74) is 12.5. The molecule has 4 N–H and O–H groups in total. The average Bonchev–Trinajstić information content (AvgIpc) is 3.14. The van der Waals surface area contributed by atoms with Gasteiger partial charge in [-0.2, -0.15) is 10.1 Å². The van der Waals surface area contributed by atoms with E-state index in [1.54, 1.807) is 28.3 Å². The van der Waals surface area contributed by atoms with Crippen LogP contribution >= 0.6 is 11.3 Å². The Bertz CT molecular complexity index is 786. The molecule has 0 spiro atoms. The van der Waals surface area contributed by atoms with Crippen LogP contribution in [0.15, 0.2) is 23.8 Å². The molecule has 1 unspecified atom stereocenters. The second-order valence-electron chi connectivity index (χ2n) is 4.82. The Labute approximate surface area is 125 Å². The Morgan fingerprint density at radius 2 is 2.29 bits per heavy atom. The SMILES string of the molecule is CCC(N)Cc1c(-n2ccc(C(N)=O)n2)nc2sccn12. The molecule has 8 heteroatoms. The van der Waals surface area contributed by atoms with Gasteiger partial charge in [0.25, 0.3) is 5.91 Å². The first-order valence-electron chi connectivity index (χ1n) is 6.66. The summed E-state index contributed by atoms with van der Waals surface area (Å²) in [6.07, 6.45) is 5.22. The van der Waals surface area contributed by atoms with E-state index in [1.165, 1.54) is 0 Å². The predicted octanol–water partition coefficient (Wildman–Crippen LogP) is 0.960. The third-order valence-corrected chi connectivity index (χ3v) is 4.13. The van der Waals surface area contributed by atoms with E-state index in [1.807, 2.05) is 16.0 Å². The normalized spacial score (nSPS) is 12.9. The minimum absolute atomic E-state index is 0.0507. The van der Waals surface area contributed by atoms with Crippen molar-refractivity contribution in [2.45, 2.75) is 25.8 Å². The van der Waals surface area contributed by atoms with Crippen LogP contribution in [0.4, 0.5) is 0 Å². The lowest BCUT2D eigenvalue weighted by atomic mass is 10.1. The molecule has 0 fully saturated rings. The molecule has 21 heavy (non-hydrogen) atoms. The molecule has 3 aromatic heterocycles. The molecule has 0 bridgehead atoms. The standard InChI is InChI=1S/C13H16N6OS/c1-2-8(14)7-10-12(16-13-18(10)5-6-21-13)19-4-3-9(17-19)11(15)20/h3-6,8H,2,7,14H2,1H3,(H2,15,20). The van der Waals surface area contributed by atoms with Gasteiger partial charge in [0.15, 0.2) is 10.8 Å². The summed E-state index contributed by atoms with van der Waals surface area (Å²) in [6, 6.07) is 1.63. The quantitative estimate of drug-likeness (QED) is 0.732. The third kappa shape index (κ3) is 2.43. The molecule has 1 amide bonds. The number of nitrogens with zero attached hydrogens (tertiary/aromatic N) is 4. The Balaban J connectivity index is 2.09. The van der Waals surface area contributed by atoms with Crippen molar-refractivity contribution in [3.05, 3.63) is 35.2 Å². The van der Waals surface area contributed by atoms with Crippen molar-refractivity contribution >= 4 is 22.2 Å². The summed E-state index contributed by atoms with van der Waals surface area (Å²) in [5, 5.41) is 6.16. The van der Waals surface area contributed by atoms with E-state index in [-0.39, 0.29) is 11.7 Å². The lowest BCUT2D eigenvalue weighted by Crippen LogP contribution is -2.23. The van der Waals surface area contributed by atoms with E-state index in [2.05, 4.69) is 17.0 Å². The van der Waals surface area contributed by atoms with Gasteiger partial charge in [0.2, 0.25) is 0 Å². The van der Waals surface area contributed by atoms with Crippen LogP contribution in [0.5, 0.6) is 0 Å². The van der Waals surface area contributed by atoms with Crippen molar-refractivity contribution in [1.29, 1.82) is 0 Å². The highest BCUT2D eigenvalue weighted by atomic mass is 32.1. The Morgan fingerprint density at radius 3 is 2.95 bits per heavy atom. The lowest BCUT2D eigenvalue weighted by molar-refractivity contribution is 0.0995. The maximum atomic E-state index is 11.2. The van der Waals surface area contributed by atoms with E-state index in [9.17, 15) is 4.79 Å². The van der Waals surface area contributed by atoms with Crippen molar-refractivity contribution < 1.29 is 4.79 Å². The summed E-state index contributed by atoms with van der Waals surface area (Å²) >= 11 is 1.54. The molecule has 110 valence electrons. The molecule has 0 aliphatic heterocycles. The maximum absolute atomic E-state index is 11.2. The number of carbonyl (C=O) groups is 1. The summed E-state index contributed by atoms with van der Waals surface area (Å²) in [6.45, 7) is 2.05. The zero-order valence-electron chi connectivity index (χ0n) is 11.6. The van der Waals surface area contributed by atoms with E-state index in [4.69, 9.17) is 11.5 Å². The molecule has 0 saturated carbocycles. The van der Waals surface area contributed by atoms with Gasteiger partial charge in [-0.3, -0.25) is 9.20 Å². The fourth-order valence-electron chi connectivity index (χ4n) is 2.16. The van der Waals surface area contributed by atoms with Crippen LogP contribution in [0.1, 0.15) is 29.5 Å². The number of aromatic nitrogens is 4. The molecule has 3 rings (SSSR count). The van der Waals surface area contributed by atoms with Gasteiger partial charge in [-0.25, -0.2) is 4.68 Å². The molecule has 3 heterocycles. The van der Waals surface area contributed by atoms with Crippen LogP contribution < -0.4 is 11.5 Å². The van der Waals surface area contributed by atoms with Gasteiger partial charge in [-0.05, 0) is 12.5 Å². The van der Waals surface area contributed by atoms with Gasteiger partial charge in [0.1, 0.15) is 5.69 Å². The smallest absolute Gasteiger partial charge is 0.269 e. The second-order valence-corrected chi connectivity index (χ2v) is 5.69. The molecule has 0 radical (unpaired) electrons. The number of carbonyl (C=O) groups excluding carboxylic acids is 1. The highest BCUT2D eigenvalue weighted by Crippen LogP contribution is 2.22. The lowest BCUT2D eigenvalue weighted by Gasteiger charge is -2.09. The highest BCUT2D eigenvalue weighted by molar-refractivity contribution is 7.15. The summed E-state index contributed by atoms with van der Waals surface area (Å²) in [7, 11) is 0. The molecule has 0 aliphatic carbocycles. The minimum Gasteiger partial charge on any atom is -0.364 e. The van der Waals surface area contributed by atoms with E-state index in [0.717, 1.165) is 17.1 Å². The molecule has 7 nitrogen and oxygen atoms in total. The van der Waals surface area contributed by atoms with Crippen LogP contribution in [-0.4, -0.2) is 31.1 Å². The van der Waals surface area contributed by atoms with E-state index in [0.29, 0.717) is 12.2 Å². The molecular weight excluding hydrogens is 288 g/mol.